The van der Waals surface area contributed by atoms with Gasteiger partial charge in [0.25, 0.3) is 5.91 Å². The molecule has 36 heavy (non-hydrogen) atoms. The van der Waals surface area contributed by atoms with E-state index in [2.05, 4.69) is 5.32 Å². The number of carbonyl (C=O) groups excluding carboxylic acids is 4. The van der Waals surface area contributed by atoms with Gasteiger partial charge >= 0.3 is 12.1 Å². The molecule has 3 heterocycles. The van der Waals surface area contributed by atoms with Gasteiger partial charge in [-0.2, -0.15) is 0 Å². The Morgan fingerprint density at radius 1 is 1.06 bits per heavy atom. The number of benzene rings is 1. The zero-order valence-corrected chi connectivity index (χ0v) is 21.3. The summed E-state index contributed by atoms with van der Waals surface area (Å²) in [6, 6.07) is 4.41. The van der Waals surface area contributed by atoms with Crippen molar-refractivity contribution in [2.45, 2.75) is 51.2 Å². The molecule has 3 fully saturated rings. The third-order valence-electron chi connectivity index (χ3n) is 6.63. The fourth-order valence-corrected chi connectivity index (χ4v) is 4.75. The van der Waals surface area contributed by atoms with E-state index in [1.165, 1.54) is 12.0 Å². The minimum absolute atomic E-state index is 0.166. The molecule has 0 bridgehead atoms. The number of likely N-dealkylation sites (tertiary alicyclic amines) is 1. The van der Waals surface area contributed by atoms with Crippen LogP contribution in [0.15, 0.2) is 18.2 Å². The number of piperidine rings is 1. The van der Waals surface area contributed by atoms with E-state index in [4.69, 9.17) is 14.2 Å². The van der Waals surface area contributed by atoms with Gasteiger partial charge in [0.05, 0.1) is 31.5 Å². The lowest BCUT2D eigenvalue weighted by molar-refractivity contribution is -0.126. The van der Waals surface area contributed by atoms with Gasteiger partial charge in [0, 0.05) is 38.2 Å². The van der Waals surface area contributed by atoms with Crippen molar-refractivity contribution in [3.8, 4) is 5.75 Å². The van der Waals surface area contributed by atoms with Crippen molar-refractivity contribution in [3.05, 3.63) is 23.8 Å². The molecule has 196 valence electrons. The maximum absolute atomic E-state index is 13.5. The summed E-state index contributed by atoms with van der Waals surface area (Å²) in [5, 5.41) is 2.30. The summed E-state index contributed by atoms with van der Waals surface area (Å²) >= 11 is 0. The van der Waals surface area contributed by atoms with Gasteiger partial charge in [0.2, 0.25) is 5.91 Å². The van der Waals surface area contributed by atoms with Gasteiger partial charge < -0.3 is 24.0 Å². The zero-order valence-electron chi connectivity index (χ0n) is 21.3. The van der Waals surface area contributed by atoms with E-state index in [1.807, 2.05) is 20.8 Å². The first-order valence-electron chi connectivity index (χ1n) is 12.2. The predicted molar refractivity (Wildman–Crippen MR) is 130 cm³/mol. The molecule has 0 radical (unpaired) electrons. The second-order valence-electron chi connectivity index (χ2n) is 10.4. The van der Waals surface area contributed by atoms with E-state index >= 15 is 0 Å². The average molecular weight is 503 g/mol. The molecular weight excluding hydrogens is 468 g/mol. The summed E-state index contributed by atoms with van der Waals surface area (Å²) in [4.78, 5) is 54.7. The average Bonchev–Trinajstić information content (AvgIpc) is 2.82. The van der Waals surface area contributed by atoms with Crippen molar-refractivity contribution in [2.24, 2.45) is 0 Å². The Morgan fingerprint density at radius 2 is 1.78 bits per heavy atom. The van der Waals surface area contributed by atoms with Crippen molar-refractivity contribution < 1.29 is 33.4 Å². The van der Waals surface area contributed by atoms with Crippen LogP contribution in [0.25, 0.3) is 0 Å². The summed E-state index contributed by atoms with van der Waals surface area (Å²) in [6.45, 7) is 7.96. The maximum atomic E-state index is 13.5. The van der Waals surface area contributed by atoms with Crippen LogP contribution in [0.1, 0.15) is 50.4 Å². The SMILES string of the molecule is COc1ccc(C(=O)N2CCOC3(CCN(C(=O)OC(C)(C)C)CC3)C2)cc1N1CCC(=O)NC1=O. The van der Waals surface area contributed by atoms with Crippen LogP contribution in [-0.4, -0.2) is 91.4 Å². The maximum Gasteiger partial charge on any atom is 0.410 e. The Labute approximate surface area is 210 Å². The topological polar surface area (TPSA) is 118 Å². The zero-order chi connectivity index (χ0) is 26.1. The molecule has 5 amide bonds. The molecule has 0 aromatic heterocycles. The smallest absolute Gasteiger partial charge is 0.410 e. The van der Waals surface area contributed by atoms with Crippen LogP contribution in [0.4, 0.5) is 15.3 Å². The van der Waals surface area contributed by atoms with E-state index in [9.17, 15) is 19.2 Å². The number of amides is 5. The highest BCUT2D eigenvalue weighted by Gasteiger charge is 2.42. The molecule has 0 atom stereocenters. The lowest BCUT2D eigenvalue weighted by Gasteiger charge is -2.47. The van der Waals surface area contributed by atoms with Crippen LogP contribution in [0.3, 0.4) is 0 Å². The monoisotopic (exact) mass is 502 g/mol. The Hall–Kier alpha value is -3.34. The summed E-state index contributed by atoms with van der Waals surface area (Å²) in [5.41, 5.74) is -0.228. The van der Waals surface area contributed by atoms with Crippen LogP contribution >= 0.6 is 0 Å². The fourth-order valence-electron chi connectivity index (χ4n) is 4.75. The second kappa shape index (κ2) is 9.96. The Bertz CT molecular complexity index is 1040. The Balaban J connectivity index is 1.45. The van der Waals surface area contributed by atoms with Crippen molar-refractivity contribution in [2.75, 3.05) is 51.3 Å². The molecule has 4 rings (SSSR count). The van der Waals surface area contributed by atoms with Gasteiger partial charge in [0.15, 0.2) is 0 Å². The number of imide groups is 1. The third kappa shape index (κ3) is 5.56. The van der Waals surface area contributed by atoms with Crippen molar-refractivity contribution >= 4 is 29.6 Å². The molecular formula is C25H34N4O7. The van der Waals surface area contributed by atoms with E-state index in [1.54, 1.807) is 28.0 Å². The van der Waals surface area contributed by atoms with Crippen LogP contribution in [0.5, 0.6) is 5.75 Å². The number of carbonyl (C=O) groups is 4. The van der Waals surface area contributed by atoms with Gasteiger partial charge in [-0.05, 0) is 51.8 Å². The van der Waals surface area contributed by atoms with Crippen LogP contribution in [0.2, 0.25) is 0 Å². The first-order chi connectivity index (χ1) is 17.0. The predicted octanol–water partition coefficient (Wildman–Crippen LogP) is 2.38. The van der Waals surface area contributed by atoms with Crippen LogP contribution in [-0.2, 0) is 14.3 Å². The first kappa shape index (κ1) is 25.7. The number of rotatable bonds is 3. The quantitative estimate of drug-likeness (QED) is 0.674. The number of hydrogen-bond donors (Lipinski definition) is 1. The molecule has 1 spiro atoms. The molecule has 1 aromatic rings. The molecule has 1 aromatic carbocycles. The fraction of sp³-hybridized carbons (Fsp3) is 0.600. The molecule has 3 aliphatic heterocycles. The minimum atomic E-state index is -0.557. The van der Waals surface area contributed by atoms with Crippen molar-refractivity contribution in [3.63, 3.8) is 0 Å². The van der Waals surface area contributed by atoms with Crippen molar-refractivity contribution in [1.29, 1.82) is 0 Å². The van der Waals surface area contributed by atoms with Crippen LogP contribution in [0, 0.1) is 0 Å². The summed E-state index contributed by atoms with van der Waals surface area (Å²) in [6.07, 6.45) is 1.03. The molecule has 1 N–H and O–H groups in total. The highest BCUT2D eigenvalue weighted by molar-refractivity contribution is 6.07. The van der Waals surface area contributed by atoms with Gasteiger partial charge in [0.1, 0.15) is 11.4 Å². The minimum Gasteiger partial charge on any atom is -0.495 e. The lowest BCUT2D eigenvalue weighted by atomic mass is 9.89. The number of methoxy groups -OCH3 is 1. The largest absolute Gasteiger partial charge is 0.495 e. The lowest BCUT2D eigenvalue weighted by Crippen LogP contribution is -2.58. The summed E-state index contributed by atoms with van der Waals surface area (Å²) in [5.74, 6) is -0.0764. The normalized spacial score (nSPS) is 20.3. The molecule has 11 heteroatoms. The number of nitrogens with zero attached hydrogens (tertiary/aromatic N) is 3. The van der Waals surface area contributed by atoms with E-state index in [0.29, 0.717) is 62.6 Å². The highest BCUT2D eigenvalue weighted by Crippen LogP contribution is 2.34. The van der Waals surface area contributed by atoms with Gasteiger partial charge in [-0.15, -0.1) is 0 Å². The third-order valence-corrected chi connectivity index (χ3v) is 6.63. The van der Waals surface area contributed by atoms with Gasteiger partial charge in [-0.3, -0.25) is 19.8 Å². The molecule has 0 aliphatic carbocycles. The highest BCUT2D eigenvalue weighted by atomic mass is 16.6. The first-order valence-corrected chi connectivity index (χ1v) is 12.2. The Morgan fingerprint density at radius 3 is 2.42 bits per heavy atom. The standard InChI is InChI=1S/C25H34N4O7/c1-24(2,3)36-23(33)27-11-8-25(9-12-27)16-28(13-14-35-25)21(31)17-5-6-19(34-4)18(15-17)29-10-7-20(30)26-22(29)32/h5-6,15H,7-14,16H2,1-4H3,(H,26,30,32). The van der Waals surface area contributed by atoms with E-state index in [-0.39, 0.29) is 30.9 Å². The number of ether oxygens (including phenoxy) is 3. The number of urea groups is 1. The van der Waals surface area contributed by atoms with E-state index in [0.717, 1.165) is 0 Å². The molecule has 0 unspecified atom stereocenters. The van der Waals surface area contributed by atoms with E-state index < -0.39 is 17.2 Å². The van der Waals surface area contributed by atoms with Crippen LogP contribution < -0.4 is 15.0 Å². The van der Waals surface area contributed by atoms with Crippen molar-refractivity contribution in [1.82, 2.24) is 15.1 Å². The van der Waals surface area contributed by atoms with Gasteiger partial charge in [-0.25, -0.2) is 9.59 Å². The number of hydrogen-bond acceptors (Lipinski definition) is 7. The molecule has 0 saturated carbocycles. The molecule has 11 nitrogen and oxygen atoms in total. The number of morpholine rings is 1. The summed E-state index contributed by atoms with van der Waals surface area (Å²) < 4.78 is 17.0. The summed E-state index contributed by atoms with van der Waals surface area (Å²) in [7, 11) is 1.49. The van der Waals surface area contributed by atoms with Gasteiger partial charge in [-0.1, -0.05) is 0 Å². The second-order valence-corrected chi connectivity index (χ2v) is 10.4. The number of nitrogens with one attached hydrogen (secondary N) is 1. The molecule has 3 aliphatic rings. The molecule has 3 saturated heterocycles. The Kier molecular flexibility index (Phi) is 7.12. The number of anilines is 1.